The minimum absolute atomic E-state index is 0.515. The van der Waals surface area contributed by atoms with Crippen LogP contribution in [0.4, 0.5) is 0 Å². The van der Waals surface area contributed by atoms with Crippen LogP contribution in [0.5, 0.6) is 0 Å². The second-order valence-corrected chi connectivity index (χ2v) is 4.10. The van der Waals surface area contributed by atoms with E-state index in [0.29, 0.717) is 12.1 Å². The lowest BCUT2D eigenvalue weighted by Gasteiger charge is -2.17. The third kappa shape index (κ3) is 5.20. The molecule has 1 rings (SSSR count). The zero-order chi connectivity index (χ0) is 10.9. The van der Waals surface area contributed by atoms with Crippen molar-refractivity contribution in [2.75, 3.05) is 13.2 Å². The van der Waals surface area contributed by atoms with Gasteiger partial charge in [0.15, 0.2) is 0 Å². The van der Waals surface area contributed by atoms with Crippen molar-refractivity contribution in [1.29, 1.82) is 0 Å². The number of nitrogens with one attached hydrogen (secondary N) is 1. The third-order valence-electron chi connectivity index (χ3n) is 2.88. The van der Waals surface area contributed by atoms with Crippen LogP contribution < -0.4 is 5.32 Å². The number of hydrogen-bond donors (Lipinski definition) is 1. The molecule has 86 valence electrons. The smallest absolute Gasteiger partial charge is 0.0576 e. The summed E-state index contributed by atoms with van der Waals surface area (Å²) in [5.74, 6) is 6.12. The van der Waals surface area contributed by atoms with Gasteiger partial charge in [0.1, 0.15) is 0 Å². The summed E-state index contributed by atoms with van der Waals surface area (Å²) in [6.45, 7) is 6.05. The van der Waals surface area contributed by atoms with E-state index in [9.17, 15) is 0 Å². The highest BCUT2D eigenvalue weighted by atomic mass is 16.5. The summed E-state index contributed by atoms with van der Waals surface area (Å²) in [7, 11) is 0. The maximum Gasteiger partial charge on any atom is 0.0576 e. The highest BCUT2D eigenvalue weighted by molar-refractivity contribution is 4.98. The van der Waals surface area contributed by atoms with Gasteiger partial charge in [-0.15, -0.1) is 11.8 Å². The molecule has 0 aliphatic carbocycles. The van der Waals surface area contributed by atoms with Crippen LogP contribution in [0, 0.1) is 11.8 Å². The van der Waals surface area contributed by atoms with Crippen LogP contribution in [0.2, 0.25) is 0 Å². The van der Waals surface area contributed by atoms with Crippen LogP contribution >= 0.6 is 0 Å². The third-order valence-corrected chi connectivity index (χ3v) is 2.88. The molecule has 0 spiro atoms. The summed E-state index contributed by atoms with van der Waals surface area (Å²) < 4.78 is 5.62. The summed E-state index contributed by atoms with van der Waals surface area (Å²) in [5, 5.41) is 3.48. The van der Waals surface area contributed by atoms with Gasteiger partial charge in [-0.1, -0.05) is 6.92 Å². The lowest BCUT2D eigenvalue weighted by atomic mass is 10.0. The molecule has 0 radical (unpaired) electrons. The molecule has 15 heavy (non-hydrogen) atoms. The Morgan fingerprint density at radius 1 is 1.53 bits per heavy atom. The minimum Gasteiger partial charge on any atom is -0.378 e. The summed E-state index contributed by atoms with van der Waals surface area (Å²) in [4.78, 5) is 0. The van der Waals surface area contributed by atoms with Gasteiger partial charge < -0.3 is 10.1 Å². The molecule has 2 unspecified atom stereocenters. The first-order valence-electron chi connectivity index (χ1n) is 6.11. The van der Waals surface area contributed by atoms with Crippen LogP contribution in [-0.4, -0.2) is 25.3 Å². The summed E-state index contributed by atoms with van der Waals surface area (Å²) in [6, 6.07) is 0.548. The molecule has 2 heteroatoms. The normalized spacial score (nSPS) is 22.1. The molecule has 1 aliphatic rings. The molecule has 1 N–H and O–H groups in total. The monoisotopic (exact) mass is 209 g/mol. The van der Waals surface area contributed by atoms with Crippen molar-refractivity contribution in [1.82, 2.24) is 5.32 Å². The van der Waals surface area contributed by atoms with E-state index in [0.717, 1.165) is 19.6 Å². The molecule has 1 heterocycles. The molecule has 1 saturated heterocycles. The molecule has 0 aromatic carbocycles. The average molecular weight is 209 g/mol. The zero-order valence-corrected chi connectivity index (χ0v) is 10.0. The molecule has 2 nitrogen and oxygen atoms in total. The van der Waals surface area contributed by atoms with Gasteiger partial charge in [0, 0.05) is 19.1 Å². The van der Waals surface area contributed by atoms with Gasteiger partial charge >= 0.3 is 0 Å². The van der Waals surface area contributed by atoms with Crippen LogP contribution in [-0.2, 0) is 4.74 Å². The average Bonchev–Trinajstić information content (AvgIpc) is 2.75. The molecule has 0 bridgehead atoms. The highest BCUT2D eigenvalue weighted by Crippen LogP contribution is 2.18. The predicted molar refractivity (Wildman–Crippen MR) is 63.7 cm³/mol. The van der Waals surface area contributed by atoms with Crippen molar-refractivity contribution >= 4 is 0 Å². The Labute approximate surface area is 93.8 Å². The Morgan fingerprint density at radius 2 is 2.40 bits per heavy atom. The molecular weight excluding hydrogens is 186 g/mol. The molecule has 0 aromatic rings. The van der Waals surface area contributed by atoms with Gasteiger partial charge in [0.05, 0.1) is 6.10 Å². The van der Waals surface area contributed by atoms with E-state index < -0.39 is 0 Å². The van der Waals surface area contributed by atoms with Crippen molar-refractivity contribution in [2.24, 2.45) is 0 Å². The van der Waals surface area contributed by atoms with E-state index in [-0.39, 0.29) is 0 Å². The SMILES string of the molecule is CC#CCC(CCC1CCCO1)NCC. The van der Waals surface area contributed by atoms with Gasteiger partial charge in [-0.05, 0) is 39.2 Å². The summed E-state index contributed by atoms with van der Waals surface area (Å²) >= 11 is 0. The molecule has 2 atom stereocenters. The fourth-order valence-corrected chi connectivity index (χ4v) is 2.05. The maximum atomic E-state index is 5.62. The molecule has 0 amide bonds. The lowest BCUT2D eigenvalue weighted by molar-refractivity contribution is 0.0997. The van der Waals surface area contributed by atoms with Crippen molar-refractivity contribution in [2.45, 2.75) is 58.1 Å². The van der Waals surface area contributed by atoms with Gasteiger partial charge in [-0.25, -0.2) is 0 Å². The zero-order valence-electron chi connectivity index (χ0n) is 10.0. The van der Waals surface area contributed by atoms with Crippen LogP contribution in [0.15, 0.2) is 0 Å². The second kappa shape index (κ2) is 7.73. The fraction of sp³-hybridized carbons (Fsp3) is 0.846. The minimum atomic E-state index is 0.515. The van der Waals surface area contributed by atoms with E-state index in [4.69, 9.17) is 4.74 Å². The second-order valence-electron chi connectivity index (χ2n) is 4.10. The molecule has 1 aliphatic heterocycles. The standard InChI is InChI=1S/C13H23NO/c1-3-5-7-12(14-4-2)9-10-13-8-6-11-15-13/h12-14H,4,6-11H2,1-2H3. The number of rotatable bonds is 6. The fourth-order valence-electron chi connectivity index (χ4n) is 2.05. The summed E-state index contributed by atoms with van der Waals surface area (Å²) in [5.41, 5.74) is 0. The van der Waals surface area contributed by atoms with Crippen molar-refractivity contribution in [3.63, 3.8) is 0 Å². The van der Waals surface area contributed by atoms with E-state index in [1.165, 1.54) is 25.7 Å². The van der Waals surface area contributed by atoms with E-state index in [1.807, 2.05) is 6.92 Å². The predicted octanol–water partition coefficient (Wildman–Crippen LogP) is 2.34. The topological polar surface area (TPSA) is 21.3 Å². The van der Waals surface area contributed by atoms with E-state index >= 15 is 0 Å². The van der Waals surface area contributed by atoms with Gasteiger partial charge in [0.25, 0.3) is 0 Å². The Kier molecular flexibility index (Phi) is 6.47. The summed E-state index contributed by atoms with van der Waals surface area (Å²) in [6.07, 6.45) is 6.34. The number of ether oxygens (including phenoxy) is 1. The quantitative estimate of drug-likeness (QED) is 0.678. The lowest BCUT2D eigenvalue weighted by Crippen LogP contribution is -2.29. The Balaban J connectivity index is 2.19. The first-order chi connectivity index (χ1) is 7.36. The molecule has 1 fully saturated rings. The maximum absolute atomic E-state index is 5.62. The van der Waals surface area contributed by atoms with Crippen LogP contribution in [0.25, 0.3) is 0 Å². The first-order valence-corrected chi connectivity index (χ1v) is 6.11. The van der Waals surface area contributed by atoms with Gasteiger partial charge in [-0.3, -0.25) is 0 Å². The van der Waals surface area contributed by atoms with E-state index in [2.05, 4.69) is 24.1 Å². The van der Waals surface area contributed by atoms with E-state index in [1.54, 1.807) is 0 Å². The van der Waals surface area contributed by atoms with Crippen molar-refractivity contribution < 1.29 is 4.74 Å². The molecule has 0 aromatic heterocycles. The van der Waals surface area contributed by atoms with Gasteiger partial charge in [0.2, 0.25) is 0 Å². The first kappa shape index (κ1) is 12.5. The van der Waals surface area contributed by atoms with Crippen molar-refractivity contribution in [3.05, 3.63) is 0 Å². The Hall–Kier alpha value is -0.520. The van der Waals surface area contributed by atoms with Crippen LogP contribution in [0.1, 0.15) is 46.0 Å². The number of hydrogen-bond acceptors (Lipinski definition) is 2. The molecule has 0 saturated carbocycles. The largest absolute Gasteiger partial charge is 0.378 e. The molecular formula is C13H23NO. The van der Waals surface area contributed by atoms with Crippen molar-refractivity contribution in [3.8, 4) is 11.8 Å². The Morgan fingerprint density at radius 3 is 3.00 bits per heavy atom. The Bertz CT molecular complexity index is 210. The van der Waals surface area contributed by atoms with Gasteiger partial charge in [-0.2, -0.15) is 0 Å². The van der Waals surface area contributed by atoms with Crippen LogP contribution in [0.3, 0.4) is 0 Å². The highest BCUT2D eigenvalue weighted by Gasteiger charge is 2.17.